The lowest BCUT2D eigenvalue weighted by atomic mass is 10.1. The molecule has 3 aromatic rings. The lowest BCUT2D eigenvalue weighted by molar-refractivity contribution is -0.120. The first-order valence-electron chi connectivity index (χ1n) is 11.2. The number of hydrogen-bond acceptors (Lipinski definition) is 4. The van der Waals surface area contributed by atoms with Gasteiger partial charge in [-0.15, -0.1) is 0 Å². The fourth-order valence-electron chi connectivity index (χ4n) is 4.18. The van der Waals surface area contributed by atoms with Gasteiger partial charge in [-0.3, -0.25) is 4.79 Å². The highest BCUT2D eigenvalue weighted by molar-refractivity contribution is 5.79. The van der Waals surface area contributed by atoms with E-state index < -0.39 is 0 Å². The molecule has 1 aromatic carbocycles. The van der Waals surface area contributed by atoms with Crippen LogP contribution in [0.15, 0.2) is 48.7 Å². The molecule has 1 amide bonds. The Morgan fingerprint density at radius 2 is 1.74 bits per heavy atom. The number of anilines is 1. The lowest BCUT2D eigenvalue weighted by Crippen LogP contribution is -2.26. The van der Waals surface area contributed by atoms with Crippen molar-refractivity contribution in [3.05, 3.63) is 71.2 Å². The Kier molecular flexibility index (Phi) is 6.65. The maximum Gasteiger partial charge on any atom is 0.224 e. The van der Waals surface area contributed by atoms with Crippen molar-refractivity contribution < 1.29 is 4.79 Å². The van der Waals surface area contributed by atoms with Crippen LogP contribution in [0.5, 0.6) is 0 Å². The molecule has 162 valence electrons. The molecule has 0 radical (unpaired) electrons. The van der Waals surface area contributed by atoms with E-state index in [0.29, 0.717) is 13.0 Å². The number of nitrogens with zero attached hydrogens (tertiary/aromatic N) is 4. The maximum atomic E-state index is 12.6. The summed E-state index contributed by atoms with van der Waals surface area (Å²) in [5.41, 5.74) is 4.89. The molecule has 0 bridgehead atoms. The highest BCUT2D eigenvalue weighted by Gasteiger charge is 2.16. The normalized spacial score (nSPS) is 14.3. The Bertz CT molecular complexity index is 1000. The van der Waals surface area contributed by atoms with Gasteiger partial charge in [-0.2, -0.15) is 5.10 Å². The van der Waals surface area contributed by atoms with Gasteiger partial charge in [0.15, 0.2) is 0 Å². The van der Waals surface area contributed by atoms with Crippen molar-refractivity contribution in [1.82, 2.24) is 20.1 Å². The minimum Gasteiger partial charge on any atom is -0.357 e. The quantitative estimate of drug-likeness (QED) is 0.655. The monoisotopic (exact) mass is 417 g/mol. The van der Waals surface area contributed by atoms with Crippen molar-refractivity contribution in [3.8, 4) is 5.69 Å². The lowest BCUT2D eigenvalue weighted by Gasteiger charge is -2.21. The zero-order valence-electron chi connectivity index (χ0n) is 18.5. The van der Waals surface area contributed by atoms with Crippen LogP contribution in [0.1, 0.15) is 48.2 Å². The van der Waals surface area contributed by atoms with Crippen LogP contribution in [0, 0.1) is 13.8 Å². The van der Waals surface area contributed by atoms with Crippen molar-refractivity contribution in [2.75, 3.05) is 18.0 Å². The minimum absolute atomic E-state index is 0.00425. The van der Waals surface area contributed by atoms with Crippen molar-refractivity contribution >= 4 is 11.7 Å². The number of carbonyl (C=O) groups is 1. The Morgan fingerprint density at radius 1 is 1.00 bits per heavy atom. The number of pyridine rings is 1. The van der Waals surface area contributed by atoms with Gasteiger partial charge in [0.2, 0.25) is 5.91 Å². The number of aromatic nitrogens is 3. The summed E-state index contributed by atoms with van der Waals surface area (Å²) < 4.78 is 1.91. The Balaban J connectivity index is 1.35. The standard InChI is InChI=1S/C25H31N5O/c1-19-23(20(2)30(28-19)22-10-6-5-7-11-22)16-25(31)27-18-21-12-13-24(26-17-21)29-14-8-3-4-9-15-29/h5-7,10-13,17H,3-4,8-9,14-16,18H2,1-2H3,(H,27,31). The van der Waals surface area contributed by atoms with E-state index in [1.54, 1.807) is 0 Å². The fourth-order valence-corrected chi connectivity index (χ4v) is 4.18. The zero-order valence-corrected chi connectivity index (χ0v) is 18.5. The molecule has 0 unspecified atom stereocenters. The van der Waals surface area contributed by atoms with Crippen LogP contribution >= 0.6 is 0 Å². The third kappa shape index (κ3) is 5.13. The second-order valence-electron chi connectivity index (χ2n) is 8.28. The van der Waals surface area contributed by atoms with Gasteiger partial charge in [0.05, 0.1) is 17.8 Å². The van der Waals surface area contributed by atoms with Gasteiger partial charge in [0, 0.05) is 37.1 Å². The van der Waals surface area contributed by atoms with Crippen LogP contribution < -0.4 is 10.2 Å². The summed E-state index contributed by atoms with van der Waals surface area (Å²) in [6, 6.07) is 14.1. The van der Waals surface area contributed by atoms with E-state index in [1.807, 2.05) is 55.1 Å². The first-order chi connectivity index (χ1) is 15.1. The van der Waals surface area contributed by atoms with E-state index in [1.165, 1.54) is 25.7 Å². The van der Waals surface area contributed by atoms with Gasteiger partial charge in [0.1, 0.15) is 5.82 Å². The van der Waals surface area contributed by atoms with Crippen LogP contribution in [-0.4, -0.2) is 33.8 Å². The van der Waals surface area contributed by atoms with Gasteiger partial charge in [0.25, 0.3) is 0 Å². The molecule has 3 heterocycles. The molecule has 1 aliphatic heterocycles. The van der Waals surface area contributed by atoms with Crippen LogP contribution in [0.2, 0.25) is 0 Å². The molecule has 0 aliphatic carbocycles. The van der Waals surface area contributed by atoms with Gasteiger partial charge >= 0.3 is 0 Å². The van der Waals surface area contributed by atoms with Crippen molar-refractivity contribution in [1.29, 1.82) is 0 Å². The van der Waals surface area contributed by atoms with Gasteiger partial charge < -0.3 is 10.2 Å². The highest BCUT2D eigenvalue weighted by atomic mass is 16.1. The summed E-state index contributed by atoms with van der Waals surface area (Å²) in [4.78, 5) is 19.6. The molecule has 0 saturated carbocycles. The summed E-state index contributed by atoms with van der Waals surface area (Å²) in [5.74, 6) is 1.03. The molecule has 0 spiro atoms. The SMILES string of the molecule is Cc1nn(-c2ccccc2)c(C)c1CC(=O)NCc1ccc(N2CCCCCC2)nc1. The predicted octanol–water partition coefficient (Wildman–Crippen LogP) is 4.12. The van der Waals surface area contributed by atoms with Gasteiger partial charge in [-0.05, 0) is 50.5 Å². The van der Waals surface area contributed by atoms with Crippen molar-refractivity contribution in [2.24, 2.45) is 0 Å². The zero-order chi connectivity index (χ0) is 21.6. The molecule has 4 rings (SSSR count). The number of amides is 1. The first-order valence-corrected chi connectivity index (χ1v) is 11.2. The molecule has 1 saturated heterocycles. The topological polar surface area (TPSA) is 63.1 Å². The predicted molar refractivity (Wildman–Crippen MR) is 124 cm³/mol. The third-order valence-electron chi connectivity index (χ3n) is 6.01. The number of hydrogen-bond donors (Lipinski definition) is 1. The van der Waals surface area contributed by atoms with Gasteiger partial charge in [-0.25, -0.2) is 9.67 Å². The summed E-state index contributed by atoms with van der Waals surface area (Å²) in [5, 5.41) is 7.66. The largest absolute Gasteiger partial charge is 0.357 e. The van der Waals surface area contributed by atoms with E-state index >= 15 is 0 Å². The van der Waals surface area contributed by atoms with Gasteiger partial charge in [-0.1, -0.05) is 37.1 Å². The molecule has 1 N–H and O–H groups in total. The molecule has 1 aliphatic rings. The smallest absolute Gasteiger partial charge is 0.224 e. The second kappa shape index (κ2) is 9.77. The first kappa shape index (κ1) is 21.1. The number of benzene rings is 1. The number of nitrogens with one attached hydrogen (secondary N) is 1. The maximum absolute atomic E-state index is 12.6. The highest BCUT2D eigenvalue weighted by Crippen LogP contribution is 2.19. The Hall–Kier alpha value is -3.15. The number of carbonyl (C=O) groups excluding carboxylic acids is 1. The molecule has 1 fully saturated rings. The molecule has 2 aromatic heterocycles. The summed E-state index contributed by atoms with van der Waals surface area (Å²) >= 11 is 0. The van der Waals surface area contributed by atoms with Crippen molar-refractivity contribution in [2.45, 2.75) is 52.5 Å². The van der Waals surface area contributed by atoms with Crippen LogP contribution in [0.25, 0.3) is 5.69 Å². The average Bonchev–Trinajstić information content (AvgIpc) is 2.97. The van der Waals surface area contributed by atoms with E-state index in [-0.39, 0.29) is 5.91 Å². The molecule has 31 heavy (non-hydrogen) atoms. The second-order valence-corrected chi connectivity index (χ2v) is 8.28. The third-order valence-corrected chi connectivity index (χ3v) is 6.01. The van der Waals surface area contributed by atoms with Crippen LogP contribution in [0.3, 0.4) is 0 Å². The summed E-state index contributed by atoms with van der Waals surface area (Å²) in [7, 11) is 0. The minimum atomic E-state index is -0.00425. The van der Waals surface area contributed by atoms with E-state index in [9.17, 15) is 4.79 Å². The van der Waals surface area contributed by atoms with Crippen LogP contribution in [0.4, 0.5) is 5.82 Å². The molecule has 6 nitrogen and oxygen atoms in total. The number of aryl methyl sites for hydroxylation is 1. The summed E-state index contributed by atoms with van der Waals surface area (Å²) in [6.07, 6.45) is 7.29. The fraction of sp³-hybridized carbons (Fsp3) is 0.400. The van der Waals surface area contributed by atoms with E-state index in [2.05, 4.69) is 32.4 Å². The molecule has 6 heteroatoms. The van der Waals surface area contributed by atoms with E-state index in [0.717, 1.165) is 47.1 Å². The molecular formula is C25H31N5O. The Labute approximate surface area is 184 Å². The summed E-state index contributed by atoms with van der Waals surface area (Å²) in [6.45, 7) is 6.62. The Morgan fingerprint density at radius 3 is 2.42 bits per heavy atom. The molecule has 0 atom stereocenters. The molecular weight excluding hydrogens is 386 g/mol. The van der Waals surface area contributed by atoms with Crippen molar-refractivity contribution in [3.63, 3.8) is 0 Å². The van der Waals surface area contributed by atoms with E-state index in [4.69, 9.17) is 0 Å². The van der Waals surface area contributed by atoms with Crippen LogP contribution in [-0.2, 0) is 17.8 Å². The average molecular weight is 418 g/mol. The number of rotatable bonds is 6. The number of para-hydroxylation sites is 1.